The summed E-state index contributed by atoms with van der Waals surface area (Å²) < 4.78 is 5.31. The lowest BCUT2D eigenvalue weighted by atomic mass is 10.0. The van der Waals surface area contributed by atoms with Gasteiger partial charge in [0.2, 0.25) is 5.91 Å². The summed E-state index contributed by atoms with van der Waals surface area (Å²) in [4.78, 5) is 44.7. The summed E-state index contributed by atoms with van der Waals surface area (Å²) in [6, 6.07) is 4.13. The van der Waals surface area contributed by atoms with Gasteiger partial charge >= 0.3 is 6.03 Å². The number of imide groups is 2. The summed E-state index contributed by atoms with van der Waals surface area (Å²) in [5.74, 6) is -2.43. The number of ether oxygens (including phenoxy) is 1. The molecule has 1 aromatic carbocycles. The molecule has 1 N–H and O–H groups in total. The number of halogens is 1. The molecule has 0 saturated carbocycles. The van der Waals surface area contributed by atoms with E-state index in [2.05, 4.69) is 15.2 Å². The Morgan fingerprint density at radius 3 is 2.79 bits per heavy atom. The second kappa shape index (κ2) is 9.27. The van der Waals surface area contributed by atoms with E-state index in [4.69, 9.17) is 16.3 Å². The Hall–Kier alpha value is -2.29. The minimum atomic E-state index is -1.14. The van der Waals surface area contributed by atoms with Crippen LogP contribution < -0.4 is 10.2 Å². The molecule has 0 aromatic heterocycles. The van der Waals surface area contributed by atoms with Crippen LogP contribution in [0.25, 0.3) is 0 Å². The maximum absolute atomic E-state index is 12.8. The summed E-state index contributed by atoms with van der Waals surface area (Å²) in [5.41, 5.74) is 1.05. The Kier molecular flexibility index (Phi) is 6.77. The van der Waals surface area contributed by atoms with Crippen molar-refractivity contribution in [1.29, 1.82) is 0 Å². The van der Waals surface area contributed by atoms with Crippen LogP contribution in [0.3, 0.4) is 0 Å². The zero-order chi connectivity index (χ0) is 20.1. The van der Waals surface area contributed by atoms with Gasteiger partial charge in [0, 0.05) is 37.4 Å². The molecule has 8 nitrogen and oxygen atoms in total. The number of carbonyl (C=O) groups excluding carboxylic acids is 3. The number of barbiturate groups is 1. The van der Waals surface area contributed by atoms with Crippen molar-refractivity contribution in [3.63, 3.8) is 0 Å². The van der Waals surface area contributed by atoms with Gasteiger partial charge in [-0.15, -0.1) is 0 Å². The summed E-state index contributed by atoms with van der Waals surface area (Å²) >= 11 is 6.00. The summed E-state index contributed by atoms with van der Waals surface area (Å²) in [5, 5.41) is 2.61. The van der Waals surface area contributed by atoms with Crippen LogP contribution in [0.1, 0.15) is 12.0 Å². The summed E-state index contributed by atoms with van der Waals surface area (Å²) in [7, 11) is 0. The van der Waals surface area contributed by atoms with Gasteiger partial charge in [-0.1, -0.05) is 17.7 Å². The molecule has 0 bridgehead atoms. The number of hydrogen-bond acceptors (Lipinski definition) is 6. The topological polar surface area (TPSA) is 91.3 Å². The monoisotopic (exact) mass is 406 g/mol. The van der Waals surface area contributed by atoms with E-state index in [1.54, 1.807) is 19.1 Å². The van der Waals surface area contributed by atoms with Crippen molar-refractivity contribution in [2.75, 3.05) is 44.3 Å². The number of aryl methyl sites for hydroxylation is 1. The quantitative estimate of drug-likeness (QED) is 0.440. The molecule has 0 spiro atoms. The molecule has 1 atom stereocenters. The molecule has 0 aliphatic carbocycles. The predicted molar refractivity (Wildman–Crippen MR) is 106 cm³/mol. The minimum Gasteiger partial charge on any atom is -0.379 e. The molecule has 2 heterocycles. The van der Waals surface area contributed by atoms with Crippen molar-refractivity contribution >= 4 is 41.3 Å². The first-order valence-corrected chi connectivity index (χ1v) is 9.60. The summed E-state index contributed by atoms with van der Waals surface area (Å²) in [6.07, 6.45) is 2.14. The van der Waals surface area contributed by atoms with Crippen LogP contribution in [0.2, 0.25) is 5.02 Å². The molecule has 1 aromatic rings. The molecular weight excluding hydrogens is 384 g/mol. The van der Waals surface area contributed by atoms with Gasteiger partial charge in [-0.3, -0.25) is 24.8 Å². The average Bonchev–Trinajstić information content (AvgIpc) is 2.67. The van der Waals surface area contributed by atoms with E-state index in [1.165, 1.54) is 12.3 Å². The Bertz CT molecular complexity index is 792. The zero-order valence-corrected chi connectivity index (χ0v) is 16.4. The number of anilines is 1. The standard InChI is InChI=1S/C19H23ClN4O4/c1-13-3-4-14(20)11-16(13)24-18(26)15(17(25)22-19(24)27)12-21-5-2-6-23-7-9-28-10-8-23/h3-4,11-12,15H,2,5-10H2,1H3,(H,22,25,27)/t15-/m1/s1. The third-order valence-corrected chi connectivity index (χ3v) is 4.97. The number of amides is 4. The highest BCUT2D eigenvalue weighted by Gasteiger charge is 2.40. The van der Waals surface area contributed by atoms with Gasteiger partial charge in [0.05, 0.1) is 18.9 Å². The van der Waals surface area contributed by atoms with E-state index in [1.807, 2.05) is 0 Å². The van der Waals surface area contributed by atoms with Crippen molar-refractivity contribution in [3.05, 3.63) is 28.8 Å². The number of benzene rings is 1. The molecule has 2 fully saturated rings. The highest BCUT2D eigenvalue weighted by atomic mass is 35.5. The lowest BCUT2D eigenvalue weighted by Gasteiger charge is -2.29. The van der Waals surface area contributed by atoms with Crippen molar-refractivity contribution in [3.8, 4) is 0 Å². The first-order chi connectivity index (χ1) is 13.5. The average molecular weight is 407 g/mol. The molecule has 0 radical (unpaired) electrons. The SMILES string of the molecule is Cc1ccc(Cl)cc1N1C(=O)NC(=O)[C@@H](C=NCCCN2CCOCC2)C1=O. The first-order valence-electron chi connectivity index (χ1n) is 9.22. The number of nitrogens with one attached hydrogen (secondary N) is 1. The van der Waals surface area contributed by atoms with Gasteiger partial charge in [0.1, 0.15) is 0 Å². The van der Waals surface area contributed by atoms with Crippen molar-refractivity contribution < 1.29 is 19.1 Å². The smallest absolute Gasteiger partial charge is 0.335 e. The fourth-order valence-electron chi connectivity index (χ4n) is 3.16. The van der Waals surface area contributed by atoms with Crippen LogP contribution in [0.4, 0.5) is 10.5 Å². The molecule has 150 valence electrons. The Morgan fingerprint density at radius 2 is 2.04 bits per heavy atom. The molecule has 28 heavy (non-hydrogen) atoms. The highest BCUT2D eigenvalue weighted by Crippen LogP contribution is 2.27. The lowest BCUT2D eigenvalue weighted by molar-refractivity contribution is -0.131. The van der Waals surface area contributed by atoms with Gasteiger partial charge in [-0.05, 0) is 31.0 Å². The van der Waals surface area contributed by atoms with Crippen molar-refractivity contribution in [2.45, 2.75) is 13.3 Å². The van der Waals surface area contributed by atoms with Gasteiger partial charge in [-0.2, -0.15) is 0 Å². The van der Waals surface area contributed by atoms with E-state index >= 15 is 0 Å². The molecule has 2 aliphatic rings. The van der Waals surface area contributed by atoms with Gasteiger partial charge in [0.15, 0.2) is 5.92 Å². The molecule has 9 heteroatoms. The third kappa shape index (κ3) is 4.76. The molecule has 2 aliphatic heterocycles. The fourth-order valence-corrected chi connectivity index (χ4v) is 3.33. The second-order valence-electron chi connectivity index (χ2n) is 6.74. The molecule has 4 amide bonds. The van der Waals surface area contributed by atoms with Crippen LogP contribution >= 0.6 is 11.6 Å². The third-order valence-electron chi connectivity index (χ3n) is 4.73. The second-order valence-corrected chi connectivity index (χ2v) is 7.18. The number of aliphatic imine (C=N–C) groups is 1. The molecule has 0 unspecified atom stereocenters. The highest BCUT2D eigenvalue weighted by molar-refractivity contribution is 6.34. The Labute approximate surface area is 168 Å². The number of nitrogens with zero attached hydrogens (tertiary/aromatic N) is 3. The minimum absolute atomic E-state index is 0.355. The number of morpholine rings is 1. The number of carbonyl (C=O) groups is 3. The van der Waals surface area contributed by atoms with E-state index in [0.717, 1.165) is 44.2 Å². The van der Waals surface area contributed by atoms with Gasteiger partial charge < -0.3 is 4.74 Å². The number of rotatable bonds is 6. The van der Waals surface area contributed by atoms with E-state index in [9.17, 15) is 14.4 Å². The van der Waals surface area contributed by atoms with Crippen LogP contribution in [0.15, 0.2) is 23.2 Å². The van der Waals surface area contributed by atoms with Crippen LogP contribution in [0, 0.1) is 12.8 Å². The van der Waals surface area contributed by atoms with Crippen LogP contribution in [0.5, 0.6) is 0 Å². The van der Waals surface area contributed by atoms with E-state index in [0.29, 0.717) is 22.8 Å². The van der Waals surface area contributed by atoms with Gasteiger partial charge in [-0.25, -0.2) is 9.69 Å². The normalized spacial score (nSPS) is 21.4. The number of hydrogen-bond donors (Lipinski definition) is 1. The lowest BCUT2D eigenvalue weighted by Crippen LogP contribution is -2.58. The Balaban J connectivity index is 1.63. The van der Waals surface area contributed by atoms with E-state index < -0.39 is 23.8 Å². The maximum Gasteiger partial charge on any atom is 0.335 e. The molecule has 3 rings (SSSR count). The van der Waals surface area contributed by atoms with Crippen molar-refractivity contribution in [1.82, 2.24) is 10.2 Å². The largest absolute Gasteiger partial charge is 0.379 e. The molecular formula is C19H23ClN4O4. The Morgan fingerprint density at radius 1 is 1.29 bits per heavy atom. The van der Waals surface area contributed by atoms with Crippen LogP contribution in [-0.4, -0.2) is 68.4 Å². The fraction of sp³-hybridized carbons (Fsp3) is 0.474. The predicted octanol–water partition coefficient (Wildman–Crippen LogP) is 1.64. The van der Waals surface area contributed by atoms with Gasteiger partial charge in [0.25, 0.3) is 5.91 Å². The van der Waals surface area contributed by atoms with Crippen molar-refractivity contribution in [2.24, 2.45) is 10.9 Å². The molecule has 2 saturated heterocycles. The zero-order valence-electron chi connectivity index (χ0n) is 15.7. The first kappa shape index (κ1) is 20.4. The summed E-state index contributed by atoms with van der Waals surface area (Å²) in [6.45, 7) is 6.44. The maximum atomic E-state index is 12.8. The van der Waals surface area contributed by atoms with E-state index in [-0.39, 0.29) is 0 Å². The number of urea groups is 1. The van der Waals surface area contributed by atoms with Crippen LogP contribution in [-0.2, 0) is 14.3 Å².